The molecule has 1 atom stereocenters. The molecule has 2 aromatic heterocycles. The molecule has 0 unspecified atom stereocenters. The third-order valence-electron chi connectivity index (χ3n) is 6.23. The number of hydrogen-bond donors (Lipinski definition) is 2. The number of ether oxygens (including phenoxy) is 1. The summed E-state index contributed by atoms with van der Waals surface area (Å²) in [6.45, 7) is 5.21. The summed E-state index contributed by atoms with van der Waals surface area (Å²) < 4.78 is 7.85. The second kappa shape index (κ2) is 8.89. The highest BCUT2D eigenvalue weighted by molar-refractivity contribution is 5.78. The van der Waals surface area contributed by atoms with E-state index < -0.39 is 0 Å². The zero-order valence-electron chi connectivity index (χ0n) is 17.9. The van der Waals surface area contributed by atoms with Crippen LogP contribution in [0.5, 0.6) is 5.75 Å². The maximum Gasteiger partial charge on any atom is 0.220 e. The Hall–Kier alpha value is -3.57. The fourth-order valence-corrected chi connectivity index (χ4v) is 4.43. The number of pyridine rings is 1. The number of nitriles is 1. The van der Waals surface area contributed by atoms with Crippen molar-refractivity contribution in [3.8, 4) is 22.9 Å². The van der Waals surface area contributed by atoms with E-state index in [4.69, 9.17) is 4.74 Å². The number of anilines is 1. The molecule has 2 N–H and O–H groups in total. The van der Waals surface area contributed by atoms with Crippen molar-refractivity contribution in [2.24, 2.45) is 5.92 Å². The molecule has 4 heterocycles. The van der Waals surface area contributed by atoms with Crippen LogP contribution in [0.3, 0.4) is 0 Å². The van der Waals surface area contributed by atoms with E-state index in [0.29, 0.717) is 42.3 Å². The van der Waals surface area contributed by atoms with Gasteiger partial charge in [0, 0.05) is 56.6 Å². The van der Waals surface area contributed by atoms with Gasteiger partial charge < -0.3 is 20.3 Å². The predicted molar refractivity (Wildman–Crippen MR) is 122 cm³/mol. The fourth-order valence-electron chi connectivity index (χ4n) is 4.43. The molecule has 0 bridgehead atoms. The Balaban J connectivity index is 1.39. The minimum Gasteiger partial charge on any atom is -0.491 e. The lowest BCUT2D eigenvalue weighted by Crippen LogP contribution is -2.43. The molecule has 5 rings (SSSR count). The summed E-state index contributed by atoms with van der Waals surface area (Å²) in [5.74, 6) is 1.03. The highest BCUT2D eigenvalue weighted by Crippen LogP contribution is 2.31. The Morgan fingerprint density at radius 1 is 1.19 bits per heavy atom. The number of nitrogens with zero attached hydrogens (tertiary/aromatic N) is 4. The SMILES string of the molecule is N#Cc1cnn2cc(-c3ccc(N4CCNCC4)cc3)cc(OCC[C@H]3CNC(=O)C3)c12. The van der Waals surface area contributed by atoms with Crippen LogP contribution >= 0.6 is 0 Å². The van der Waals surface area contributed by atoms with Crippen LogP contribution < -0.4 is 20.3 Å². The van der Waals surface area contributed by atoms with Crippen LogP contribution in [0, 0.1) is 17.2 Å². The van der Waals surface area contributed by atoms with Gasteiger partial charge in [0.05, 0.1) is 12.8 Å². The molecule has 8 heteroatoms. The number of carbonyl (C=O) groups excluding carboxylic acids is 1. The smallest absolute Gasteiger partial charge is 0.220 e. The number of hydrogen-bond acceptors (Lipinski definition) is 6. The highest BCUT2D eigenvalue weighted by atomic mass is 16.5. The average molecular weight is 431 g/mol. The molecule has 2 aliphatic heterocycles. The molecular weight excluding hydrogens is 404 g/mol. The summed E-state index contributed by atoms with van der Waals surface area (Å²) in [5.41, 5.74) is 4.42. The van der Waals surface area contributed by atoms with Crippen molar-refractivity contribution in [1.82, 2.24) is 20.2 Å². The molecule has 2 aliphatic rings. The molecule has 0 spiro atoms. The summed E-state index contributed by atoms with van der Waals surface area (Å²) >= 11 is 0. The highest BCUT2D eigenvalue weighted by Gasteiger charge is 2.21. The number of aromatic nitrogens is 2. The van der Waals surface area contributed by atoms with Gasteiger partial charge in [0.25, 0.3) is 0 Å². The summed E-state index contributed by atoms with van der Waals surface area (Å²) in [6, 6.07) is 12.7. The number of piperazine rings is 1. The minimum atomic E-state index is 0.103. The molecule has 1 amide bonds. The van der Waals surface area contributed by atoms with Crippen LogP contribution in [0.25, 0.3) is 16.6 Å². The van der Waals surface area contributed by atoms with Gasteiger partial charge in [0.1, 0.15) is 22.9 Å². The van der Waals surface area contributed by atoms with Gasteiger partial charge >= 0.3 is 0 Å². The molecule has 2 saturated heterocycles. The second-order valence-electron chi connectivity index (χ2n) is 8.35. The van der Waals surface area contributed by atoms with E-state index in [0.717, 1.165) is 43.7 Å². The number of rotatable bonds is 6. The van der Waals surface area contributed by atoms with Gasteiger partial charge in [-0.05, 0) is 36.1 Å². The molecule has 0 aliphatic carbocycles. The molecule has 8 nitrogen and oxygen atoms in total. The quantitative estimate of drug-likeness (QED) is 0.623. The van der Waals surface area contributed by atoms with Gasteiger partial charge in [-0.15, -0.1) is 0 Å². The van der Waals surface area contributed by atoms with Crippen LogP contribution in [-0.2, 0) is 4.79 Å². The van der Waals surface area contributed by atoms with Crippen molar-refractivity contribution < 1.29 is 9.53 Å². The summed E-state index contributed by atoms with van der Waals surface area (Å²) in [5, 5.41) is 20.1. The van der Waals surface area contributed by atoms with Crippen LogP contribution in [-0.4, -0.2) is 54.9 Å². The van der Waals surface area contributed by atoms with Gasteiger partial charge in [-0.1, -0.05) is 12.1 Å². The van der Waals surface area contributed by atoms with Gasteiger partial charge in [-0.2, -0.15) is 10.4 Å². The first-order valence-corrected chi connectivity index (χ1v) is 11.1. The minimum absolute atomic E-state index is 0.103. The van der Waals surface area contributed by atoms with Crippen molar-refractivity contribution in [3.05, 3.63) is 48.3 Å². The molecule has 0 saturated carbocycles. The van der Waals surface area contributed by atoms with E-state index in [-0.39, 0.29) is 5.91 Å². The van der Waals surface area contributed by atoms with Gasteiger partial charge in [0.15, 0.2) is 0 Å². The van der Waals surface area contributed by atoms with E-state index in [9.17, 15) is 10.1 Å². The lowest BCUT2D eigenvalue weighted by Gasteiger charge is -2.29. The Morgan fingerprint density at radius 3 is 2.72 bits per heavy atom. The summed E-state index contributed by atoms with van der Waals surface area (Å²) in [4.78, 5) is 13.8. The number of carbonyl (C=O) groups is 1. The first-order chi connectivity index (χ1) is 15.7. The number of benzene rings is 1. The number of fused-ring (bicyclic) bond motifs is 1. The van der Waals surface area contributed by atoms with Crippen LogP contribution in [0.4, 0.5) is 5.69 Å². The largest absolute Gasteiger partial charge is 0.491 e. The predicted octanol–water partition coefficient (Wildman–Crippen LogP) is 2.19. The maximum atomic E-state index is 11.4. The van der Waals surface area contributed by atoms with Crippen LogP contribution in [0.2, 0.25) is 0 Å². The first-order valence-electron chi connectivity index (χ1n) is 11.1. The average Bonchev–Trinajstić information content (AvgIpc) is 3.45. The van der Waals surface area contributed by atoms with Crippen molar-refractivity contribution in [2.45, 2.75) is 12.8 Å². The number of amides is 1. The third kappa shape index (κ3) is 4.12. The third-order valence-corrected chi connectivity index (χ3v) is 6.23. The Morgan fingerprint density at radius 2 is 2.00 bits per heavy atom. The fraction of sp³-hybridized carbons (Fsp3) is 0.375. The van der Waals surface area contributed by atoms with Crippen molar-refractivity contribution in [2.75, 3.05) is 44.2 Å². The lowest BCUT2D eigenvalue weighted by atomic mass is 10.1. The Labute approximate surface area is 186 Å². The lowest BCUT2D eigenvalue weighted by molar-refractivity contribution is -0.119. The molecular formula is C24H26N6O2. The molecule has 164 valence electrons. The summed E-state index contributed by atoms with van der Waals surface area (Å²) in [7, 11) is 0. The summed E-state index contributed by atoms with van der Waals surface area (Å²) in [6.07, 6.45) is 4.83. The van der Waals surface area contributed by atoms with Crippen LogP contribution in [0.1, 0.15) is 18.4 Å². The Bertz CT molecular complexity index is 1160. The van der Waals surface area contributed by atoms with Crippen LogP contribution in [0.15, 0.2) is 42.7 Å². The zero-order valence-corrected chi connectivity index (χ0v) is 17.9. The van der Waals surface area contributed by atoms with Crippen molar-refractivity contribution in [3.63, 3.8) is 0 Å². The van der Waals surface area contributed by atoms with Crippen molar-refractivity contribution in [1.29, 1.82) is 5.26 Å². The topological polar surface area (TPSA) is 94.7 Å². The maximum absolute atomic E-state index is 11.4. The molecule has 0 radical (unpaired) electrons. The van der Waals surface area contributed by atoms with Gasteiger partial charge in [-0.3, -0.25) is 4.79 Å². The standard InChI is InChI=1S/C24H26N6O2/c25-13-20-15-28-30-16-19(18-1-3-21(4-2-18)29-8-6-26-7-9-29)12-22(24(20)30)32-10-5-17-11-23(31)27-14-17/h1-4,12,15-17,26H,5-11,14H2,(H,27,31)/t17-/m1/s1. The van der Waals surface area contributed by atoms with E-state index >= 15 is 0 Å². The second-order valence-corrected chi connectivity index (χ2v) is 8.35. The van der Waals surface area contributed by atoms with E-state index in [1.54, 1.807) is 10.7 Å². The first kappa shape index (κ1) is 20.3. The van der Waals surface area contributed by atoms with E-state index in [1.807, 2.05) is 12.3 Å². The molecule has 1 aromatic carbocycles. The normalized spacial score (nSPS) is 18.5. The monoisotopic (exact) mass is 430 g/mol. The van der Waals surface area contributed by atoms with Gasteiger partial charge in [0.2, 0.25) is 5.91 Å². The van der Waals surface area contributed by atoms with Crippen molar-refractivity contribution >= 4 is 17.1 Å². The van der Waals surface area contributed by atoms with Gasteiger partial charge in [-0.25, -0.2) is 4.52 Å². The molecule has 32 heavy (non-hydrogen) atoms. The molecule has 2 fully saturated rings. The Kier molecular flexibility index (Phi) is 5.65. The molecule has 3 aromatic rings. The number of nitrogens with one attached hydrogen (secondary N) is 2. The zero-order chi connectivity index (χ0) is 21.9. The van der Waals surface area contributed by atoms with E-state index in [1.165, 1.54) is 5.69 Å². The van der Waals surface area contributed by atoms with E-state index in [2.05, 4.69) is 51.0 Å².